The van der Waals surface area contributed by atoms with E-state index in [1.807, 2.05) is 10.6 Å². The molecule has 1 aromatic carbocycles. The van der Waals surface area contributed by atoms with Crippen molar-refractivity contribution in [3.8, 4) is 0 Å². The molecule has 3 rings (SSSR count). The third-order valence-electron chi connectivity index (χ3n) is 4.16. The number of nitrogens with zero attached hydrogens (tertiary/aromatic N) is 2. The first-order valence-corrected chi connectivity index (χ1v) is 8.83. The SMILES string of the molecule is CC(C1CCOC1)n1c(N)nc2c(S(C)(=O)=O)cccc21. The Labute approximate surface area is 123 Å². The zero-order valence-corrected chi connectivity index (χ0v) is 12.9. The average Bonchev–Trinajstić information content (AvgIpc) is 3.02. The molecule has 2 heterocycles. The van der Waals surface area contributed by atoms with E-state index < -0.39 is 9.84 Å². The van der Waals surface area contributed by atoms with E-state index in [2.05, 4.69) is 11.9 Å². The molecule has 0 saturated carbocycles. The van der Waals surface area contributed by atoms with Gasteiger partial charge in [0.2, 0.25) is 5.95 Å². The van der Waals surface area contributed by atoms with Gasteiger partial charge in [0.25, 0.3) is 0 Å². The Morgan fingerprint density at radius 1 is 1.48 bits per heavy atom. The summed E-state index contributed by atoms with van der Waals surface area (Å²) in [6, 6.07) is 5.28. The normalized spacial score (nSPS) is 21.0. The molecule has 1 fully saturated rings. The molecule has 0 radical (unpaired) electrons. The first-order valence-electron chi connectivity index (χ1n) is 6.94. The first kappa shape index (κ1) is 14.3. The summed E-state index contributed by atoms with van der Waals surface area (Å²) in [6.07, 6.45) is 2.16. The zero-order valence-electron chi connectivity index (χ0n) is 12.1. The molecule has 7 heteroatoms. The Balaban J connectivity index is 2.18. The number of para-hydroxylation sites is 1. The molecular formula is C14H19N3O3S. The summed E-state index contributed by atoms with van der Waals surface area (Å²) in [4.78, 5) is 4.52. The van der Waals surface area contributed by atoms with E-state index in [9.17, 15) is 8.42 Å². The van der Waals surface area contributed by atoms with Crippen LogP contribution in [-0.2, 0) is 14.6 Å². The number of ether oxygens (including phenoxy) is 1. The van der Waals surface area contributed by atoms with E-state index in [4.69, 9.17) is 10.5 Å². The molecule has 2 atom stereocenters. The molecule has 6 nitrogen and oxygen atoms in total. The second-order valence-electron chi connectivity index (χ2n) is 5.60. The van der Waals surface area contributed by atoms with Crippen LogP contribution in [0.2, 0.25) is 0 Å². The molecule has 2 unspecified atom stereocenters. The summed E-state index contributed by atoms with van der Waals surface area (Å²) < 4.78 is 31.1. The smallest absolute Gasteiger partial charge is 0.201 e. The minimum absolute atomic E-state index is 0.118. The first-order chi connectivity index (χ1) is 9.89. The highest BCUT2D eigenvalue weighted by Gasteiger charge is 2.27. The number of benzene rings is 1. The molecular weight excluding hydrogens is 290 g/mol. The number of nitrogens with two attached hydrogens (primary N) is 1. The van der Waals surface area contributed by atoms with Gasteiger partial charge in [0.05, 0.1) is 17.0 Å². The Kier molecular flexibility index (Phi) is 3.41. The van der Waals surface area contributed by atoms with Crippen LogP contribution >= 0.6 is 0 Å². The Morgan fingerprint density at radius 3 is 2.86 bits per heavy atom. The van der Waals surface area contributed by atoms with Gasteiger partial charge in [-0.3, -0.25) is 0 Å². The van der Waals surface area contributed by atoms with Crippen molar-refractivity contribution in [3.05, 3.63) is 18.2 Å². The predicted octanol–water partition coefficient (Wildman–Crippen LogP) is 1.62. The molecule has 2 aromatic rings. The van der Waals surface area contributed by atoms with Gasteiger partial charge in [0.15, 0.2) is 9.84 Å². The second kappa shape index (κ2) is 4.99. The van der Waals surface area contributed by atoms with Crippen LogP contribution in [0.4, 0.5) is 5.95 Å². The average molecular weight is 309 g/mol. The number of nitrogen functional groups attached to an aromatic ring is 1. The van der Waals surface area contributed by atoms with Crippen molar-refractivity contribution in [1.82, 2.24) is 9.55 Å². The van der Waals surface area contributed by atoms with Crippen LogP contribution in [0.25, 0.3) is 11.0 Å². The number of anilines is 1. The summed E-state index contributed by atoms with van der Waals surface area (Å²) in [5.74, 6) is 0.715. The molecule has 1 saturated heterocycles. The van der Waals surface area contributed by atoms with Gasteiger partial charge in [-0.2, -0.15) is 0 Å². The van der Waals surface area contributed by atoms with Gasteiger partial charge in [-0.1, -0.05) is 6.07 Å². The summed E-state index contributed by atoms with van der Waals surface area (Å²) in [7, 11) is -3.33. The fourth-order valence-corrected chi connectivity index (χ4v) is 3.81. The molecule has 0 bridgehead atoms. The van der Waals surface area contributed by atoms with E-state index in [1.165, 1.54) is 6.26 Å². The van der Waals surface area contributed by atoms with Gasteiger partial charge in [-0.05, 0) is 25.5 Å². The fourth-order valence-electron chi connectivity index (χ4n) is 2.98. The second-order valence-corrected chi connectivity index (χ2v) is 7.58. The van der Waals surface area contributed by atoms with Crippen LogP contribution in [0.3, 0.4) is 0 Å². The lowest BCUT2D eigenvalue weighted by Gasteiger charge is -2.21. The summed E-state index contributed by atoms with van der Waals surface area (Å²) in [6.45, 7) is 3.53. The van der Waals surface area contributed by atoms with Crippen LogP contribution < -0.4 is 5.73 Å². The Bertz CT molecular complexity index is 776. The number of rotatable bonds is 3. The van der Waals surface area contributed by atoms with Crippen molar-refractivity contribution in [2.45, 2.75) is 24.3 Å². The molecule has 2 N–H and O–H groups in total. The highest BCUT2D eigenvalue weighted by Crippen LogP contribution is 2.33. The van der Waals surface area contributed by atoms with Gasteiger partial charge in [0.1, 0.15) is 5.52 Å². The molecule has 0 spiro atoms. The summed E-state index contributed by atoms with van der Waals surface area (Å²) in [5, 5.41) is 0. The van der Waals surface area contributed by atoms with Gasteiger partial charge in [-0.15, -0.1) is 0 Å². The minimum Gasteiger partial charge on any atom is -0.381 e. The van der Waals surface area contributed by atoms with Crippen molar-refractivity contribution in [2.75, 3.05) is 25.2 Å². The highest BCUT2D eigenvalue weighted by atomic mass is 32.2. The number of sulfone groups is 1. The third kappa shape index (κ3) is 2.40. The number of aromatic nitrogens is 2. The van der Waals surface area contributed by atoms with Crippen molar-refractivity contribution in [1.29, 1.82) is 0 Å². The minimum atomic E-state index is -3.33. The van der Waals surface area contributed by atoms with Gasteiger partial charge >= 0.3 is 0 Å². The Morgan fingerprint density at radius 2 is 2.24 bits per heavy atom. The number of hydrogen-bond acceptors (Lipinski definition) is 5. The van der Waals surface area contributed by atoms with E-state index in [0.29, 0.717) is 24.0 Å². The number of hydrogen-bond donors (Lipinski definition) is 1. The molecule has 1 aliphatic rings. The lowest BCUT2D eigenvalue weighted by molar-refractivity contribution is 0.176. The van der Waals surface area contributed by atoms with E-state index in [-0.39, 0.29) is 10.9 Å². The molecule has 0 aliphatic carbocycles. The number of imidazole rings is 1. The molecule has 1 aliphatic heterocycles. The summed E-state index contributed by atoms with van der Waals surface area (Å²) >= 11 is 0. The van der Waals surface area contributed by atoms with Crippen molar-refractivity contribution in [2.24, 2.45) is 5.92 Å². The predicted molar refractivity (Wildman–Crippen MR) is 80.9 cm³/mol. The van der Waals surface area contributed by atoms with E-state index >= 15 is 0 Å². The molecule has 21 heavy (non-hydrogen) atoms. The quantitative estimate of drug-likeness (QED) is 0.931. The molecule has 1 aromatic heterocycles. The lowest BCUT2D eigenvalue weighted by Crippen LogP contribution is -2.18. The van der Waals surface area contributed by atoms with Crippen molar-refractivity contribution < 1.29 is 13.2 Å². The topological polar surface area (TPSA) is 87.2 Å². The van der Waals surface area contributed by atoms with Crippen LogP contribution in [0.15, 0.2) is 23.1 Å². The largest absolute Gasteiger partial charge is 0.381 e. The van der Waals surface area contributed by atoms with E-state index in [0.717, 1.165) is 18.5 Å². The van der Waals surface area contributed by atoms with Crippen molar-refractivity contribution in [3.63, 3.8) is 0 Å². The van der Waals surface area contributed by atoms with Crippen LogP contribution in [0.5, 0.6) is 0 Å². The number of fused-ring (bicyclic) bond motifs is 1. The van der Waals surface area contributed by atoms with Crippen LogP contribution in [-0.4, -0.2) is 37.4 Å². The maximum Gasteiger partial charge on any atom is 0.201 e. The Hall–Kier alpha value is -1.60. The fraction of sp³-hybridized carbons (Fsp3) is 0.500. The van der Waals surface area contributed by atoms with Crippen LogP contribution in [0.1, 0.15) is 19.4 Å². The zero-order chi connectivity index (χ0) is 15.2. The highest BCUT2D eigenvalue weighted by molar-refractivity contribution is 7.91. The maximum absolute atomic E-state index is 11.9. The summed E-state index contributed by atoms with van der Waals surface area (Å²) in [5.41, 5.74) is 7.26. The third-order valence-corrected chi connectivity index (χ3v) is 5.29. The van der Waals surface area contributed by atoms with Gasteiger partial charge < -0.3 is 15.0 Å². The van der Waals surface area contributed by atoms with E-state index in [1.54, 1.807) is 12.1 Å². The van der Waals surface area contributed by atoms with Crippen LogP contribution in [0, 0.1) is 5.92 Å². The van der Waals surface area contributed by atoms with Gasteiger partial charge in [0, 0.05) is 24.8 Å². The monoisotopic (exact) mass is 309 g/mol. The van der Waals surface area contributed by atoms with Crippen molar-refractivity contribution >= 4 is 26.8 Å². The molecule has 114 valence electrons. The standard InChI is InChI=1S/C14H19N3O3S/c1-9(10-6-7-20-8-10)17-11-4-3-5-12(21(2,18)19)13(11)16-14(17)15/h3-5,9-10H,6-8H2,1-2H3,(H2,15,16). The maximum atomic E-state index is 11.9. The molecule has 0 amide bonds. The lowest BCUT2D eigenvalue weighted by atomic mass is 10.0. The van der Waals surface area contributed by atoms with Gasteiger partial charge in [-0.25, -0.2) is 13.4 Å².